The molecule has 19 heavy (non-hydrogen) atoms. The molecule has 0 bridgehead atoms. The highest BCUT2D eigenvalue weighted by atomic mass is 79.9. The van der Waals surface area contributed by atoms with Gasteiger partial charge in [0.15, 0.2) is 6.61 Å². The number of carboxylic acid groups (broad SMARTS) is 1. The van der Waals surface area contributed by atoms with Crippen LogP contribution < -0.4 is 10.1 Å². The molecule has 104 valence electrons. The molecule has 0 aliphatic heterocycles. The van der Waals surface area contributed by atoms with Crippen LogP contribution in [0.3, 0.4) is 0 Å². The lowest BCUT2D eigenvalue weighted by molar-refractivity contribution is -0.146. The Hall–Kier alpha value is -1.27. The summed E-state index contributed by atoms with van der Waals surface area (Å²) in [4.78, 5) is 22.4. The number of carboxylic acids is 1. The molecule has 1 aromatic carbocycles. The van der Waals surface area contributed by atoms with Gasteiger partial charge in [0.2, 0.25) is 0 Å². The Balaban J connectivity index is 2.57. The van der Waals surface area contributed by atoms with E-state index in [1.165, 1.54) is 13.8 Å². The molecule has 0 aromatic heterocycles. The van der Waals surface area contributed by atoms with Crippen molar-refractivity contribution in [1.82, 2.24) is 5.32 Å². The second-order valence-corrected chi connectivity index (χ2v) is 5.66. The molecule has 0 heterocycles. The van der Waals surface area contributed by atoms with Gasteiger partial charge < -0.3 is 15.2 Å². The maximum Gasteiger partial charge on any atom is 0.328 e. The summed E-state index contributed by atoms with van der Waals surface area (Å²) in [5, 5.41) is 11.6. The van der Waals surface area contributed by atoms with Gasteiger partial charge in [-0.15, -0.1) is 0 Å². The Labute approximate surface area is 124 Å². The van der Waals surface area contributed by atoms with Crippen molar-refractivity contribution in [3.8, 4) is 5.75 Å². The molecule has 0 atom stereocenters. The quantitative estimate of drug-likeness (QED) is 0.855. The molecule has 0 saturated carbocycles. The average Bonchev–Trinajstić information content (AvgIpc) is 2.27. The first kappa shape index (κ1) is 15.8. The minimum atomic E-state index is -1.34. The van der Waals surface area contributed by atoms with E-state index in [4.69, 9.17) is 21.4 Å². The molecular formula is C12H13BrClNO4. The first-order chi connectivity index (χ1) is 8.72. The molecule has 5 nitrogen and oxygen atoms in total. The van der Waals surface area contributed by atoms with Crippen LogP contribution in [0.2, 0.25) is 5.02 Å². The van der Waals surface area contributed by atoms with Crippen molar-refractivity contribution in [3.63, 3.8) is 0 Å². The number of benzene rings is 1. The lowest BCUT2D eigenvalue weighted by atomic mass is 10.1. The van der Waals surface area contributed by atoms with Gasteiger partial charge in [0.25, 0.3) is 5.91 Å². The molecule has 1 amide bonds. The number of aliphatic carboxylic acids is 1. The van der Waals surface area contributed by atoms with E-state index < -0.39 is 17.4 Å². The summed E-state index contributed by atoms with van der Waals surface area (Å²) in [5.41, 5.74) is -1.34. The number of ether oxygens (including phenoxy) is 1. The molecule has 0 unspecified atom stereocenters. The van der Waals surface area contributed by atoms with Crippen LogP contribution in [0, 0.1) is 0 Å². The van der Waals surface area contributed by atoms with E-state index >= 15 is 0 Å². The topological polar surface area (TPSA) is 75.6 Å². The van der Waals surface area contributed by atoms with Crippen LogP contribution in [0.1, 0.15) is 13.8 Å². The lowest BCUT2D eigenvalue weighted by Gasteiger charge is -2.21. The number of rotatable bonds is 5. The van der Waals surface area contributed by atoms with Gasteiger partial charge >= 0.3 is 5.97 Å². The molecule has 7 heteroatoms. The standard InChI is InChI=1S/C12H13BrClNO4/c1-12(2,11(17)18)15-10(16)6-19-9-4-3-7(13)5-8(9)14/h3-5H,6H2,1-2H3,(H,15,16)(H,17,18). The maximum atomic E-state index is 11.6. The van der Waals surface area contributed by atoms with Crippen molar-refractivity contribution in [3.05, 3.63) is 27.7 Å². The fourth-order valence-corrected chi connectivity index (χ4v) is 1.90. The number of amides is 1. The van der Waals surface area contributed by atoms with E-state index in [-0.39, 0.29) is 6.61 Å². The van der Waals surface area contributed by atoms with Crippen molar-refractivity contribution in [2.45, 2.75) is 19.4 Å². The number of carbonyl (C=O) groups excluding carboxylic acids is 1. The number of nitrogens with one attached hydrogen (secondary N) is 1. The van der Waals surface area contributed by atoms with Crippen LogP contribution in [0.25, 0.3) is 0 Å². The number of hydrogen-bond acceptors (Lipinski definition) is 3. The van der Waals surface area contributed by atoms with Crippen LogP contribution in [0.5, 0.6) is 5.75 Å². The van der Waals surface area contributed by atoms with Gasteiger partial charge in [0.05, 0.1) is 5.02 Å². The molecule has 1 aromatic rings. The third-order valence-corrected chi connectivity index (χ3v) is 3.03. The molecule has 0 radical (unpaired) electrons. The Morgan fingerprint density at radius 3 is 2.63 bits per heavy atom. The fourth-order valence-electron chi connectivity index (χ4n) is 1.17. The van der Waals surface area contributed by atoms with E-state index in [9.17, 15) is 9.59 Å². The van der Waals surface area contributed by atoms with Gasteiger partial charge in [-0.1, -0.05) is 27.5 Å². The Bertz CT molecular complexity index is 505. The summed E-state index contributed by atoms with van der Waals surface area (Å²) in [5.74, 6) is -1.30. The Morgan fingerprint density at radius 2 is 2.11 bits per heavy atom. The van der Waals surface area contributed by atoms with Crippen molar-refractivity contribution >= 4 is 39.4 Å². The van der Waals surface area contributed by atoms with E-state index in [0.717, 1.165) is 4.47 Å². The Morgan fingerprint density at radius 1 is 1.47 bits per heavy atom. The summed E-state index contributed by atoms with van der Waals surface area (Å²) in [6, 6.07) is 4.97. The molecular weight excluding hydrogens is 337 g/mol. The normalized spacial score (nSPS) is 10.9. The highest BCUT2D eigenvalue weighted by Gasteiger charge is 2.28. The zero-order valence-electron chi connectivity index (χ0n) is 10.4. The van der Waals surface area contributed by atoms with Crippen LogP contribution in [0.4, 0.5) is 0 Å². The highest BCUT2D eigenvalue weighted by molar-refractivity contribution is 9.10. The van der Waals surface area contributed by atoms with Crippen LogP contribution in [-0.4, -0.2) is 29.1 Å². The van der Waals surface area contributed by atoms with Gasteiger partial charge in [-0.25, -0.2) is 4.79 Å². The first-order valence-electron chi connectivity index (χ1n) is 5.34. The van der Waals surface area contributed by atoms with Crippen LogP contribution >= 0.6 is 27.5 Å². The third-order valence-electron chi connectivity index (χ3n) is 2.24. The summed E-state index contributed by atoms with van der Waals surface area (Å²) >= 11 is 9.16. The van der Waals surface area contributed by atoms with Gasteiger partial charge in [-0.3, -0.25) is 4.79 Å². The molecule has 1 rings (SSSR count). The van der Waals surface area contributed by atoms with E-state index in [1.54, 1.807) is 18.2 Å². The fraction of sp³-hybridized carbons (Fsp3) is 0.333. The first-order valence-corrected chi connectivity index (χ1v) is 6.52. The number of carbonyl (C=O) groups is 2. The second kappa shape index (κ2) is 6.25. The smallest absolute Gasteiger partial charge is 0.328 e. The van der Waals surface area contributed by atoms with Crippen molar-refractivity contribution in [2.24, 2.45) is 0 Å². The zero-order chi connectivity index (χ0) is 14.6. The van der Waals surface area contributed by atoms with Crippen molar-refractivity contribution in [2.75, 3.05) is 6.61 Å². The minimum Gasteiger partial charge on any atom is -0.482 e. The zero-order valence-corrected chi connectivity index (χ0v) is 12.7. The van der Waals surface area contributed by atoms with E-state index in [2.05, 4.69) is 21.2 Å². The third kappa shape index (κ3) is 4.72. The molecule has 0 spiro atoms. The monoisotopic (exact) mass is 349 g/mol. The summed E-state index contributed by atoms with van der Waals surface area (Å²) in [6.07, 6.45) is 0. The van der Waals surface area contributed by atoms with Crippen LogP contribution in [-0.2, 0) is 9.59 Å². The van der Waals surface area contributed by atoms with Gasteiger partial charge in [0, 0.05) is 4.47 Å². The summed E-state index contributed by atoms with van der Waals surface area (Å²) in [7, 11) is 0. The number of halogens is 2. The summed E-state index contributed by atoms with van der Waals surface area (Å²) < 4.78 is 6.01. The number of hydrogen-bond donors (Lipinski definition) is 2. The average molecular weight is 351 g/mol. The molecule has 0 aliphatic carbocycles. The minimum absolute atomic E-state index is 0.307. The largest absolute Gasteiger partial charge is 0.482 e. The van der Waals surface area contributed by atoms with Crippen molar-refractivity contribution in [1.29, 1.82) is 0 Å². The van der Waals surface area contributed by atoms with Crippen molar-refractivity contribution < 1.29 is 19.4 Å². The summed E-state index contributed by atoms with van der Waals surface area (Å²) in [6.45, 7) is 2.47. The van der Waals surface area contributed by atoms with Gasteiger partial charge in [-0.05, 0) is 32.0 Å². The SMILES string of the molecule is CC(C)(NC(=O)COc1ccc(Br)cc1Cl)C(=O)O. The highest BCUT2D eigenvalue weighted by Crippen LogP contribution is 2.27. The predicted molar refractivity (Wildman–Crippen MR) is 74.5 cm³/mol. The maximum absolute atomic E-state index is 11.6. The molecule has 2 N–H and O–H groups in total. The second-order valence-electron chi connectivity index (χ2n) is 4.34. The predicted octanol–water partition coefficient (Wildman–Crippen LogP) is 2.46. The Kier molecular flexibility index (Phi) is 5.20. The van der Waals surface area contributed by atoms with E-state index in [1.807, 2.05) is 0 Å². The van der Waals surface area contributed by atoms with E-state index in [0.29, 0.717) is 10.8 Å². The van der Waals surface area contributed by atoms with Gasteiger partial charge in [0.1, 0.15) is 11.3 Å². The molecule has 0 fully saturated rings. The lowest BCUT2D eigenvalue weighted by Crippen LogP contribution is -2.51. The van der Waals surface area contributed by atoms with Gasteiger partial charge in [-0.2, -0.15) is 0 Å². The molecule has 0 saturated heterocycles. The van der Waals surface area contributed by atoms with Crippen LogP contribution in [0.15, 0.2) is 22.7 Å². The molecule has 0 aliphatic rings.